The van der Waals surface area contributed by atoms with Gasteiger partial charge in [0.2, 0.25) is 5.91 Å². The van der Waals surface area contributed by atoms with E-state index in [2.05, 4.69) is 19.2 Å². The van der Waals surface area contributed by atoms with Crippen molar-refractivity contribution >= 4 is 29.4 Å². The summed E-state index contributed by atoms with van der Waals surface area (Å²) in [5.74, 6) is -1.24. The average Bonchev–Trinajstić information content (AvgIpc) is 2.83. The zero-order chi connectivity index (χ0) is 26.0. The number of nitrogens with zero attached hydrogens (tertiary/aromatic N) is 1. The number of carbonyl (C=O) groups is 3. The lowest BCUT2D eigenvalue weighted by molar-refractivity contribution is -0.139. The van der Waals surface area contributed by atoms with Crippen LogP contribution < -0.4 is 11.1 Å². The number of hydrogen-bond acceptors (Lipinski definition) is 5. The van der Waals surface area contributed by atoms with E-state index in [1.54, 1.807) is 23.1 Å². The molecule has 3 rings (SSSR count). The molecule has 0 spiro atoms. The normalized spacial score (nSPS) is 20.3. The molecule has 0 aliphatic carbocycles. The summed E-state index contributed by atoms with van der Waals surface area (Å²) in [5.41, 5.74) is 7.42. The predicted molar refractivity (Wildman–Crippen MR) is 136 cm³/mol. The average molecular weight is 500 g/mol. The fraction of sp³-hybridized carbons (Fsp3) is 0.444. The van der Waals surface area contributed by atoms with Gasteiger partial charge in [-0.15, -0.1) is 0 Å². The Labute approximate surface area is 212 Å². The molecule has 2 atom stereocenters. The second kappa shape index (κ2) is 10.4. The highest BCUT2D eigenvalue weighted by Gasteiger charge is 2.49. The van der Waals surface area contributed by atoms with Crippen LogP contribution in [-0.4, -0.2) is 48.9 Å². The van der Waals surface area contributed by atoms with Gasteiger partial charge in [0, 0.05) is 34.6 Å². The van der Waals surface area contributed by atoms with E-state index in [0.29, 0.717) is 24.5 Å². The van der Waals surface area contributed by atoms with Crippen LogP contribution in [-0.2, 0) is 15.1 Å². The molecule has 1 saturated heterocycles. The van der Waals surface area contributed by atoms with Crippen molar-refractivity contribution in [2.75, 3.05) is 20.2 Å². The lowest BCUT2D eigenvalue weighted by Crippen LogP contribution is -2.63. The number of hydrogen-bond donors (Lipinski definition) is 2. The molecule has 1 heterocycles. The van der Waals surface area contributed by atoms with Gasteiger partial charge in [0.1, 0.15) is 6.04 Å². The van der Waals surface area contributed by atoms with Gasteiger partial charge in [-0.2, -0.15) is 0 Å². The van der Waals surface area contributed by atoms with Gasteiger partial charge >= 0.3 is 5.97 Å². The van der Waals surface area contributed by atoms with E-state index in [4.69, 9.17) is 22.1 Å². The first-order valence-corrected chi connectivity index (χ1v) is 12.1. The molecule has 35 heavy (non-hydrogen) atoms. The van der Waals surface area contributed by atoms with Gasteiger partial charge in [-0.3, -0.25) is 9.59 Å². The van der Waals surface area contributed by atoms with E-state index >= 15 is 0 Å². The number of likely N-dealkylation sites (tertiary alicyclic amines) is 1. The van der Waals surface area contributed by atoms with Crippen molar-refractivity contribution in [3.05, 3.63) is 70.2 Å². The molecule has 0 aromatic heterocycles. The standard InChI is InChI=1S/C27H34ClN3O4/c1-17(2)22(30-23(32)18-7-6-8-19(15-18)25(34)35-5)24(33)31-14-13-27(29,26(3,4)16-31)20-9-11-21(28)12-10-20/h6-12,15,17,22H,13-14,16,29H2,1-5H3,(H,30,32)/t22?,27-/m1/s1. The smallest absolute Gasteiger partial charge is 0.337 e. The maximum atomic E-state index is 13.6. The third kappa shape index (κ3) is 5.52. The van der Waals surface area contributed by atoms with Crippen molar-refractivity contribution in [2.24, 2.45) is 17.1 Å². The van der Waals surface area contributed by atoms with E-state index < -0.39 is 28.9 Å². The number of carbonyl (C=O) groups excluding carboxylic acids is 3. The first-order valence-electron chi connectivity index (χ1n) is 11.7. The first-order chi connectivity index (χ1) is 16.4. The fourth-order valence-corrected chi connectivity index (χ4v) is 4.78. The molecule has 0 saturated carbocycles. The molecule has 0 bridgehead atoms. The quantitative estimate of drug-likeness (QED) is 0.585. The summed E-state index contributed by atoms with van der Waals surface area (Å²) in [5, 5.41) is 3.52. The van der Waals surface area contributed by atoms with Gasteiger partial charge in [0.05, 0.1) is 12.7 Å². The molecule has 188 valence electrons. The van der Waals surface area contributed by atoms with Crippen LogP contribution in [0.25, 0.3) is 0 Å². The Morgan fingerprint density at radius 2 is 1.71 bits per heavy atom. The molecule has 1 aliphatic rings. The highest BCUT2D eigenvalue weighted by molar-refractivity contribution is 6.30. The van der Waals surface area contributed by atoms with Gasteiger partial charge in [-0.1, -0.05) is 57.5 Å². The van der Waals surface area contributed by atoms with Gasteiger partial charge in [0.25, 0.3) is 5.91 Å². The molecule has 7 nitrogen and oxygen atoms in total. The maximum Gasteiger partial charge on any atom is 0.337 e. The third-order valence-electron chi connectivity index (χ3n) is 7.01. The highest BCUT2D eigenvalue weighted by atomic mass is 35.5. The van der Waals surface area contributed by atoms with Crippen molar-refractivity contribution in [1.29, 1.82) is 0 Å². The van der Waals surface area contributed by atoms with E-state index in [1.165, 1.54) is 13.2 Å². The largest absolute Gasteiger partial charge is 0.465 e. The molecule has 8 heteroatoms. The molecule has 2 aromatic rings. The Morgan fingerprint density at radius 1 is 1.09 bits per heavy atom. The van der Waals surface area contributed by atoms with E-state index in [9.17, 15) is 14.4 Å². The number of rotatable bonds is 6. The predicted octanol–water partition coefficient (Wildman–Crippen LogP) is 3.99. The Hall–Kier alpha value is -2.90. The van der Waals surface area contributed by atoms with Crippen molar-refractivity contribution in [2.45, 2.75) is 45.7 Å². The van der Waals surface area contributed by atoms with Crippen LogP contribution in [0.5, 0.6) is 0 Å². The first kappa shape index (κ1) is 26.7. The number of nitrogens with two attached hydrogens (primary N) is 1. The number of halogens is 1. The molecule has 2 aromatic carbocycles. The maximum absolute atomic E-state index is 13.6. The molecule has 0 radical (unpaired) electrons. The SMILES string of the molecule is COC(=O)c1cccc(C(=O)NC(C(=O)N2CC[C@@](N)(c3ccc(Cl)cc3)C(C)(C)C2)C(C)C)c1. The summed E-state index contributed by atoms with van der Waals surface area (Å²) >= 11 is 6.06. The lowest BCUT2D eigenvalue weighted by atomic mass is 9.64. The van der Waals surface area contributed by atoms with Gasteiger partial charge in [-0.05, 0) is 48.2 Å². The van der Waals surface area contributed by atoms with Crippen molar-refractivity contribution in [1.82, 2.24) is 10.2 Å². The molecule has 1 fully saturated rings. The Morgan fingerprint density at radius 3 is 2.29 bits per heavy atom. The molecular formula is C27H34ClN3O4. The summed E-state index contributed by atoms with van der Waals surface area (Å²) in [6.45, 7) is 8.82. The number of piperidine rings is 1. The molecular weight excluding hydrogens is 466 g/mol. The van der Waals surface area contributed by atoms with Gasteiger partial charge < -0.3 is 20.7 Å². The molecule has 3 N–H and O–H groups in total. The van der Waals surface area contributed by atoms with Crippen LogP contribution in [0.3, 0.4) is 0 Å². The fourth-order valence-electron chi connectivity index (χ4n) is 4.66. The third-order valence-corrected chi connectivity index (χ3v) is 7.26. The summed E-state index contributed by atoms with van der Waals surface area (Å²) in [6.07, 6.45) is 0.577. The Balaban J connectivity index is 1.77. The second-order valence-corrected chi connectivity index (χ2v) is 10.6. The Bertz CT molecular complexity index is 1100. The van der Waals surface area contributed by atoms with Crippen molar-refractivity contribution in [3.8, 4) is 0 Å². The topological polar surface area (TPSA) is 102 Å². The summed E-state index contributed by atoms with van der Waals surface area (Å²) in [7, 11) is 1.28. The molecule has 1 unspecified atom stereocenters. The van der Waals surface area contributed by atoms with E-state index in [1.807, 2.05) is 38.1 Å². The van der Waals surface area contributed by atoms with Crippen LogP contribution in [0, 0.1) is 11.3 Å². The zero-order valence-corrected chi connectivity index (χ0v) is 21.7. The minimum atomic E-state index is -0.721. The van der Waals surface area contributed by atoms with E-state index in [0.717, 1.165) is 5.56 Å². The monoisotopic (exact) mass is 499 g/mol. The molecule has 2 amide bonds. The highest BCUT2D eigenvalue weighted by Crippen LogP contribution is 2.44. The number of esters is 1. The summed E-state index contributed by atoms with van der Waals surface area (Å²) in [4.78, 5) is 40.2. The minimum absolute atomic E-state index is 0.140. The zero-order valence-electron chi connectivity index (χ0n) is 20.9. The number of ether oxygens (including phenoxy) is 1. The van der Waals surface area contributed by atoms with Gasteiger partial charge in [0.15, 0.2) is 0 Å². The number of amides is 2. The van der Waals surface area contributed by atoms with Crippen molar-refractivity contribution in [3.63, 3.8) is 0 Å². The summed E-state index contributed by atoms with van der Waals surface area (Å²) in [6, 6.07) is 13.1. The minimum Gasteiger partial charge on any atom is -0.465 e. The van der Waals surface area contributed by atoms with Crippen molar-refractivity contribution < 1.29 is 19.1 Å². The van der Waals surface area contributed by atoms with Crippen LogP contribution in [0.15, 0.2) is 48.5 Å². The van der Waals surface area contributed by atoms with Crippen LogP contribution in [0.1, 0.15) is 60.4 Å². The number of methoxy groups -OCH3 is 1. The summed E-state index contributed by atoms with van der Waals surface area (Å²) < 4.78 is 4.73. The second-order valence-electron chi connectivity index (χ2n) is 10.1. The number of benzene rings is 2. The lowest BCUT2D eigenvalue weighted by Gasteiger charge is -2.52. The Kier molecular flexibility index (Phi) is 7.92. The van der Waals surface area contributed by atoms with Crippen LogP contribution >= 0.6 is 11.6 Å². The number of nitrogens with one attached hydrogen (secondary N) is 1. The van der Waals surface area contributed by atoms with Crippen LogP contribution in [0.4, 0.5) is 0 Å². The van der Waals surface area contributed by atoms with Gasteiger partial charge in [-0.25, -0.2) is 4.79 Å². The van der Waals surface area contributed by atoms with Crippen LogP contribution in [0.2, 0.25) is 5.02 Å². The van der Waals surface area contributed by atoms with E-state index in [-0.39, 0.29) is 23.0 Å². The molecule has 1 aliphatic heterocycles.